The van der Waals surface area contributed by atoms with Crippen LogP contribution >= 0.6 is 27.5 Å². The maximum absolute atomic E-state index is 13.6. The van der Waals surface area contributed by atoms with Gasteiger partial charge in [0.05, 0.1) is 5.02 Å². The molecule has 21 heavy (non-hydrogen) atoms. The number of benzene rings is 2. The molecular weight excluding hydrogens is 353 g/mol. The van der Waals surface area contributed by atoms with E-state index < -0.39 is 0 Å². The zero-order valence-corrected chi connectivity index (χ0v) is 14.4. The first kappa shape index (κ1) is 16.5. The van der Waals surface area contributed by atoms with Crippen LogP contribution in [-0.2, 0) is 6.42 Å². The SMILES string of the molecule is CCNC(Cc1cccc(F)c1Cl)c1ccc(C)cc1Br. The van der Waals surface area contributed by atoms with Gasteiger partial charge < -0.3 is 5.32 Å². The molecule has 1 atom stereocenters. The van der Waals surface area contributed by atoms with Gasteiger partial charge in [0, 0.05) is 10.5 Å². The highest BCUT2D eigenvalue weighted by Crippen LogP contribution is 2.30. The number of likely N-dealkylation sites (N-methyl/N-ethyl adjacent to an activating group) is 1. The fourth-order valence-corrected chi connectivity index (χ4v) is 3.35. The van der Waals surface area contributed by atoms with Crippen molar-refractivity contribution in [1.29, 1.82) is 0 Å². The van der Waals surface area contributed by atoms with Crippen LogP contribution < -0.4 is 5.32 Å². The lowest BCUT2D eigenvalue weighted by atomic mass is 9.98. The molecule has 2 rings (SSSR count). The Bertz CT molecular complexity index is 630. The molecule has 0 bridgehead atoms. The van der Waals surface area contributed by atoms with E-state index in [1.54, 1.807) is 6.07 Å². The molecule has 2 aromatic carbocycles. The summed E-state index contributed by atoms with van der Waals surface area (Å²) in [6.07, 6.45) is 0.645. The minimum atomic E-state index is -0.368. The van der Waals surface area contributed by atoms with E-state index in [2.05, 4.69) is 53.3 Å². The van der Waals surface area contributed by atoms with Crippen LogP contribution in [-0.4, -0.2) is 6.54 Å². The lowest BCUT2D eigenvalue weighted by Gasteiger charge is -2.21. The van der Waals surface area contributed by atoms with Crippen molar-refractivity contribution in [3.8, 4) is 0 Å². The Labute approximate surface area is 138 Å². The summed E-state index contributed by atoms with van der Waals surface area (Å²) in [7, 11) is 0. The lowest BCUT2D eigenvalue weighted by molar-refractivity contribution is 0.545. The summed E-state index contributed by atoms with van der Waals surface area (Å²) < 4.78 is 14.6. The second kappa shape index (κ2) is 7.39. The highest BCUT2D eigenvalue weighted by molar-refractivity contribution is 9.10. The fourth-order valence-electron chi connectivity index (χ4n) is 2.38. The zero-order valence-electron chi connectivity index (χ0n) is 12.1. The molecule has 0 aromatic heterocycles. The molecule has 0 saturated carbocycles. The third-order valence-corrected chi connectivity index (χ3v) is 4.55. The molecule has 0 spiro atoms. The third kappa shape index (κ3) is 4.06. The van der Waals surface area contributed by atoms with Crippen LogP contribution in [0.1, 0.15) is 29.7 Å². The Morgan fingerprint density at radius 3 is 2.71 bits per heavy atom. The third-order valence-electron chi connectivity index (χ3n) is 3.44. The lowest BCUT2D eigenvalue weighted by Crippen LogP contribution is -2.23. The van der Waals surface area contributed by atoms with Crippen LogP contribution in [0.2, 0.25) is 5.02 Å². The van der Waals surface area contributed by atoms with E-state index in [0.717, 1.165) is 22.1 Å². The van der Waals surface area contributed by atoms with Gasteiger partial charge in [-0.05, 0) is 48.7 Å². The van der Waals surface area contributed by atoms with E-state index in [-0.39, 0.29) is 16.9 Å². The van der Waals surface area contributed by atoms with Crippen LogP contribution in [0.25, 0.3) is 0 Å². The van der Waals surface area contributed by atoms with Gasteiger partial charge in [-0.3, -0.25) is 0 Å². The van der Waals surface area contributed by atoms with Gasteiger partial charge in [0.15, 0.2) is 0 Å². The summed E-state index contributed by atoms with van der Waals surface area (Å²) in [5, 5.41) is 3.65. The van der Waals surface area contributed by atoms with Crippen molar-refractivity contribution in [2.24, 2.45) is 0 Å². The minimum absolute atomic E-state index is 0.0873. The summed E-state index contributed by atoms with van der Waals surface area (Å²) in [4.78, 5) is 0. The van der Waals surface area contributed by atoms with Gasteiger partial charge >= 0.3 is 0 Å². The topological polar surface area (TPSA) is 12.0 Å². The van der Waals surface area contributed by atoms with Gasteiger partial charge in [-0.2, -0.15) is 0 Å². The van der Waals surface area contributed by atoms with E-state index in [9.17, 15) is 4.39 Å². The number of halogens is 3. The van der Waals surface area contributed by atoms with Crippen molar-refractivity contribution in [2.45, 2.75) is 26.3 Å². The minimum Gasteiger partial charge on any atom is -0.310 e. The molecule has 4 heteroatoms. The average molecular weight is 371 g/mol. The summed E-state index contributed by atoms with van der Waals surface area (Å²) in [6, 6.07) is 11.3. The second-order valence-corrected chi connectivity index (χ2v) is 6.28. The largest absolute Gasteiger partial charge is 0.310 e. The van der Waals surface area contributed by atoms with Crippen LogP contribution in [0.15, 0.2) is 40.9 Å². The Kier molecular flexibility index (Phi) is 5.80. The molecule has 0 saturated heterocycles. The molecule has 1 unspecified atom stereocenters. The van der Waals surface area contributed by atoms with Gasteiger partial charge in [0.2, 0.25) is 0 Å². The first-order chi connectivity index (χ1) is 10.0. The predicted octanol–water partition coefficient (Wildman–Crippen LogP) is 5.44. The quantitative estimate of drug-likeness (QED) is 0.738. The Hall–Kier alpha value is -0.900. The van der Waals surface area contributed by atoms with Crippen LogP contribution in [0.4, 0.5) is 4.39 Å². The van der Waals surface area contributed by atoms with E-state index >= 15 is 0 Å². The predicted molar refractivity (Wildman–Crippen MR) is 90.4 cm³/mol. The Balaban J connectivity index is 2.33. The smallest absolute Gasteiger partial charge is 0.142 e. The number of hydrogen-bond donors (Lipinski definition) is 1. The molecule has 0 aliphatic carbocycles. The summed E-state index contributed by atoms with van der Waals surface area (Å²) >= 11 is 9.69. The number of nitrogens with one attached hydrogen (secondary N) is 1. The Morgan fingerprint density at radius 2 is 2.05 bits per heavy atom. The molecule has 0 aliphatic heterocycles. The van der Waals surface area contributed by atoms with E-state index in [1.165, 1.54) is 11.6 Å². The van der Waals surface area contributed by atoms with E-state index in [1.807, 2.05) is 6.07 Å². The second-order valence-electron chi connectivity index (χ2n) is 5.05. The van der Waals surface area contributed by atoms with Crippen molar-refractivity contribution < 1.29 is 4.39 Å². The highest BCUT2D eigenvalue weighted by Gasteiger charge is 2.17. The molecule has 1 N–H and O–H groups in total. The van der Waals surface area contributed by atoms with Crippen molar-refractivity contribution >= 4 is 27.5 Å². The summed E-state index contributed by atoms with van der Waals surface area (Å²) in [5.74, 6) is -0.368. The molecule has 0 amide bonds. The van der Waals surface area contributed by atoms with Gasteiger partial charge in [-0.25, -0.2) is 4.39 Å². The Morgan fingerprint density at radius 1 is 1.29 bits per heavy atom. The molecule has 0 fully saturated rings. The van der Waals surface area contributed by atoms with Crippen molar-refractivity contribution in [2.75, 3.05) is 6.54 Å². The fraction of sp³-hybridized carbons (Fsp3) is 0.294. The zero-order chi connectivity index (χ0) is 15.4. The van der Waals surface area contributed by atoms with Gasteiger partial charge in [-0.15, -0.1) is 0 Å². The highest BCUT2D eigenvalue weighted by atomic mass is 79.9. The van der Waals surface area contributed by atoms with Gasteiger partial charge in [0.1, 0.15) is 5.82 Å². The van der Waals surface area contributed by atoms with Crippen LogP contribution in [0.5, 0.6) is 0 Å². The monoisotopic (exact) mass is 369 g/mol. The van der Waals surface area contributed by atoms with Crippen LogP contribution in [0.3, 0.4) is 0 Å². The maximum atomic E-state index is 13.6. The maximum Gasteiger partial charge on any atom is 0.142 e. The normalized spacial score (nSPS) is 12.4. The van der Waals surface area contributed by atoms with Crippen molar-refractivity contribution in [3.63, 3.8) is 0 Å². The van der Waals surface area contributed by atoms with Gasteiger partial charge in [-0.1, -0.05) is 58.7 Å². The molecule has 2 aromatic rings. The molecule has 0 radical (unpaired) electrons. The molecular formula is C17H18BrClFN. The molecule has 0 heterocycles. The molecule has 1 nitrogen and oxygen atoms in total. The number of hydrogen-bond acceptors (Lipinski definition) is 1. The standard InChI is InChI=1S/C17H18BrClFN/c1-3-21-16(13-8-7-11(2)9-14(13)18)10-12-5-4-6-15(20)17(12)19/h4-9,16,21H,3,10H2,1-2H3. The van der Waals surface area contributed by atoms with E-state index in [0.29, 0.717) is 6.42 Å². The molecule has 0 aliphatic rings. The first-order valence-electron chi connectivity index (χ1n) is 6.95. The molecule has 112 valence electrons. The van der Waals surface area contributed by atoms with Gasteiger partial charge in [0.25, 0.3) is 0 Å². The first-order valence-corrected chi connectivity index (χ1v) is 8.12. The van der Waals surface area contributed by atoms with Crippen molar-refractivity contribution in [1.82, 2.24) is 5.32 Å². The summed E-state index contributed by atoms with van der Waals surface area (Å²) in [6.45, 7) is 4.94. The van der Waals surface area contributed by atoms with Crippen LogP contribution in [0, 0.1) is 12.7 Å². The van der Waals surface area contributed by atoms with E-state index in [4.69, 9.17) is 11.6 Å². The number of aryl methyl sites for hydroxylation is 1. The number of rotatable bonds is 5. The summed E-state index contributed by atoms with van der Waals surface area (Å²) in [5.41, 5.74) is 3.17. The van der Waals surface area contributed by atoms with Crippen molar-refractivity contribution in [3.05, 3.63) is 68.4 Å². The average Bonchev–Trinajstić information content (AvgIpc) is 2.43.